The maximum Gasteiger partial charge on any atom is 0.167 e. The zero-order valence-corrected chi connectivity index (χ0v) is 24.9. The van der Waals surface area contributed by atoms with E-state index in [4.69, 9.17) is 9.47 Å². The fraction of sp³-hybridized carbons (Fsp3) is 0.500. The van der Waals surface area contributed by atoms with Crippen LogP contribution in [0.1, 0.15) is 97.3 Å². The fourth-order valence-corrected chi connectivity index (χ4v) is 4.95. The summed E-state index contributed by atoms with van der Waals surface area (Å²) in [7, 11) is 0. The number of halogens is 3. The first-order valence-electron chi connectivity index (χ1n) is 15.6. The molecule has 0 N–H and O–H groups in total. The Bertz CT molecular complexity index is 1130. The lowest BCUT2D eigenvalue weighted by molar-refractivity contribution is 0.184. The summed E-state index contributed by atoms with van der Waals surface area (Å²) in [5.74, 6) is -0.555. The second-order valence-electron chi connectivity index (χ2n) is 10.9. The number of unbranched alkanes of at least 4 members (excludes halogenated alkanes) is 10. The molecule has 224 valence electrons. The topological polar surface area (TPSA) is 18.5 Å². The summed E-state index contributed by atoms with van der Waals surface area (Å²) >= 11 is 0. The molecule has 3 rings (SSSR count). The van der Waals surface area contributed by atoms with Gasteiger partial charge >= 0.3 is 0 Å². The van der Waals surface area contributed by atoms with E-state index in [0.717, 1.165) is 44.3 Å². The quantitative estimate of drug-likeness (QED) is 0.126. The Morgan fingerprint density at radius 1 is 0.537 bits per heavy atom. The van der Waals surface area contributed by atoms with Crippen molar-refractivity contribution in [2.45, 2.75) is 103 Å². The van der Waals surface area contributed by atoms with Crippen LogP contribution in [0.15, 0.2) is 60.7 Å². The standard InChI is InChI=1S/C36H47F3O2/c1-3-5-7-9-10-11-12-14-26-40-31-20-16-28(17-21-31)33-24-25-34(36(39)35(33)38)29-18-22-32(23-19-29)41-27-30(37)15-13-8-6-4-2/h16-25,30H,3-15,26-27H2,1-2H3/t30-/m1/s1. The van der Waals surface area contributed by atoms with Crippen LogP contribution in [0.5, 0.6) is 11.5 Å². The fourth-order valence-electron chi connectivity index (χ4n) is 4.95. The van der Waals surface area contributed by atoms with Crippen LogP contribution in [-0.4, -0.2) is 19.4 Å². The van der Waals surface area contributed by atoms with Crippen molar-refractivity contribution in [2.75, 3.05) is 13.2 Å². The Labute approximate surface area is 245 Å². The summed E-state index contributed by atoms with van der Waals surface area (Å²) in [5, 5.41) is 0. The molecule has 0 aromatic heterocycles. The van der Waals surface area contributed by atoms with Gasteiger partial charge in [0.1, 0.15) is 24.3 Å². The highest BCUT2D eigenvalue weighted by Gasteiger charge is 2.16. The number of rotatable bonds is 20. The van der Waals surface area contributed by atoms with E-state index in [1.54, 1.807) is 60.7 Å². The summed E-state index contributed by atoms with van der Waals surface area (Å²) in [6, 6.07) is 17.0. The molecule has 0 bridgehead atoms. The first-order valence-corrected chi connectivity index (χ1v) is 15.6. The molecule has 0 radical (unpaired) electrons. The van der Waals surface area contributed by atoms with Gasteiger partial charge in [-0.2, -0.15) is 0 Å². The third-order valence-corrected chi connectivity index (χ3v) is 7.48. The molecule has 1 atom stereocenters. The number of ether oxygens (including phenoxy) is 2. The summed E-state index contributed by atoms with van der Waals surface area (Å²) in [6.45, 7) is 5.01. The molecule has 0 spiro atoms. The molecule has 0 heterocycles. The first-order chi connectivity index (χ1) is 20.0. The minimum Gasteiger partial charge on any atom is -0.494 e. The zero-order chi connectivity index (χ0) is 29.3. The molecule has 0 unspecified atom stereocenters. The largest absolute Gasteiger partial charge is 0.494 e. The summed E-state index contributed by atoms with van der Waals surface area (Å²) < 4.78 is 55.7. The van der Waals surface area contributed by atoms with Gasteiger partial charge in [-0.1, -0.05) is 121 Å². The number of alkyl halides is 1. The van der Waals surface area contributed by atoms with Gasteiger partial charge in [0.25, 0.3) is 0 Å². The molecule has 0 aliphatic heterocycles. The van der Waals surface area contributed by atoms with Gasteiger partial charge in [0.2, 0.25) is 0 Å². The van der Waals surface area contributed by atoms with E-state index in [-0.39, 0.29) is 17.7 Å². The Morgan fingerprint density at radius 2 is 0.976 bits per heavy atom. The van der Waals surface area contributed by atoms with Crippen LogP contribution in [-0.2, 0) is 0 Å². The van der Waals surface area contributed by atoms with Crippen LogP contribution in [0.2, 0.25) is 0 Å². The molecule has 41 heavy (non-hydrogen) atoms. The molecule has 3 aromatic carbocycles. The van der Waals surface area contributed by atoms with Gasteiger partial charge in [-0.3, -0.25) is 0 Å². The van der Waals surface area contributed by atoms with Crippen LogP contribution in [0, 0.1) is 11.6 Å². The molecule has 0 fully saturated rings. The summed E-state index contributed by atoms with van der Waals surface area (Å²) in [6.07, 6.45) is 13.6. The minimum absolute atomic E-state index is 0.00776. The molecule has 2 nitrogen and oxygen atoms in total. The lowest BCUT2D eigenvalue weighted by Gasteiger charge is -2.12. The van der Waals surface area contributed by atoms with Crippen molar-refractivity contribution < 1.29 is 22.6 Å². The van der Waals surface area contributed by atoms with Crippen molar-refractivity contribution in [3.8, 4) is 33.8 Å². The van der Waals surface area contributed by atoms with Crippen molar-refractivity contribution in [2.24, 2.45) is 0 Å². The lowest BCUT2D eigenvalue weighted by Crippen LogP contribution is -2.12. The summed E-state index contributed by atoms with van der Waals surface area (Å²) in [4.78, 5) is 0. The first kappa shape index (κ1) is 32.6. The average Bonchev–Trinajstić information content (AvgIpc) is 2.99. The monoisotopic (exact) mass is 568 g/mol. The van der Waals surface area contributed by atoms with Gasteiger partial charge in [0.15, 0.2) is 11.6 Å². The third-order valence-electron chi connectivity index (χ3n) is 7.48. The highest BCUT2D eigenvalue weighted by molar-refractivity contribution is 5.72. The molecular weight excluding hydrogens is 521 g/mol. The van der Waals surface area contributed by atoms with E-state index in [2.05, 4.69) is 13.8 Å². The Morgan fingerprint density at radius 3 is 1.49 bits per heavy atom. The van der Waals surface area contributed by atoms with Gasteiger partial charge in [-0.15, -0.1) is 0 Å². The smallest absolute Gasteiger partial charge is 0.167 e. The van der Waals surface area contributed by atoms with Crippen LogP contribution in [0.3, 0.4) is 0 Å². The molecule has 0 saturated carbocycles. The van der Waals surface area contributed by atoms with Crippen LogP contribution in [0.4, 0.5) is 13.2 Å². The average molecular weight is 569 g/mol. The molecular formula is C36H47F3O2. The Balaban J connectivity index is 1.49. The van der Waals surface area contributed by atoms with Gasteiger partial charge in [0, 0.05) is 11.1 Å². The van der Waals surface area contributed by atoms with Gasteiger partial charge in [-0.05, 0) is 48.2 Å². The molecule has 3 aromatic rings. The van der Waals surface area contributed by atoms with E-state index in [9.17, 15) is 4.39 Å². The second kappa shape index (κ2) is 18.5. The number of benzene rings is 3. The minimum atomic E-state index is -1.01. The number of hydrogen-bond donors (Lipinski definition) is 0. The predicted molar refractivity (Wildman–Crippen MR) is 164 cm³/mol. The Hall–Kier alpha value is -2.95. The van der Waals surface area contributed by atoms with E-state index >= 15 is 8.78 Å². The molecule has 0 aliphatic rings. The molecule has 0 aliphatic carbocycles. The maximum absolute atomic E-state index is 15.1. The lowest BCUT2D eigenvalue weighted by atomic mass is 9.98. The van der Waals surface area contributed by atoms with E-state index in [1.807, 2.05) is 0 Å². The number of hydrogen-bond acceptors (Lipinski definition) is 2. The van der Waals surface area contributed by atoms with E-state index < -0.39 is 17.8 Å². The zero-order valence-electron chi connectivity index (χ0n) is 24.9. The highest BCUT2D eigenvalue weighted by atomic mass is 19.2. The van der Waals surface area contributed by atoms with E-state index in [1.165, 1.54) is 38.5 Å². The van der Waals surface area contributed by atoms with Crippen molar-refractivity contribution in [3.05, 3.63) is 72.3 Å². The van der Waals surface area contributed by atoms with E-state index in [0.29, 0.717) is 29.9 Å². The van der Waals surface area contributed by atoms with Crippen molar-refractivity contribution in [1.82, 2.24) is 0 Å². The normalized spacial score (nSPS) is 11.9. The maximum atomic E-state index is 15.1. The second-order valence-corrected chi connectivity index (χ2v) is 10.9. The van der Waals surface area contributed by atoms with Crippen LogP contribution < -0.4 is 9.47 Å². The van der Waals surface area contributed by atoms with Crippen LogP contribution >= 0.6 is 0 Å². The van der Waals surface area contributed by atoms with Crippen molar-refractivity contribution >= 4 is 0 Å². The SMILES string of the molecule is CCCCCCCCCCOc1ccc(-c2ccc(-c3ccc(OC[C@H](F)CCCCCC)cc3)c(F)c2F)cc1. The van der Waals surface area contributed by atoms with Crippen molar-refractivity contribution in [3.63, 3.8) is 0 Å². The van der Waals surface area contributed by atoms with Crippen molar-refractivity contribution in [1.29, 1.82) is 0 Å². The molecule has 5 heteroatoms. The van der Waals surface area contributed by atoms with Gasteiger partial charge in [-0.25, -0.2) is 13.2 Å². The highest BCUT2D eigenvalue weighted by Crippen LogP contribution is 2.33. The molecule has 0 amide bonds. The predicted octanol–water partition coefficient (Wildman–Crippen LogP) is 11.5. The third kappa shape index (κ3) is 11.1. The molecule has 0 saturated heterocycles. The summed E-state index contributed by atoms with van der Waals surface area (Å²) in [5.41, 5.74) is 1.49. The van der Waals surface area contributed by atoms with Gasteiger partial charge in [0.05, 0.1) is 6.61 Å². The Kier molecular flexibility index (Phi) is 14.7. The van der Waals surface area contributed by atoms with Crippen LogP contribution in [0.25, 0.3) is 22.3 Å². The van der Waals surface area contributed by atoms with Gasteiger partial charge < -0.3 is 9.47 Å².